The highest BCUT2D eigenvalue weighted by molar-refractivity contribution is 6.31. The van der Waals surface area contributed by atoms with Crippen LogP contribution >= 0.6 is 11.6 Å². The SMILES string of the molecule is Cc1ccc(-n2c([C@@H](N)CC(C)C)n[nH]c2=O)cc1Cl. The topological polar surface area (TPSA) is 76.7 Å². The summed E-state index contributed by atoms with van der Waals surface area (Å²) in [4.78, 5) is 12.0. The number of hydrogen-bond donors (Lipinski definition) is 2. The Hall–Kier alpha value is -1.59. The lowest BCUT2D eigenvalue weighted by atomic mass is 10.0. The van der Waals surface area contributed by atoms with E-state index in [0.29, 0.717) is 22.5 Å². The van der Waals surface area contributed by atoms with Crippen LogP contribution in [0, 0.1) is 12.8 Å². The molecule has 1 heterocycles. The summed E-state index contributed by atoms with van der Waals surface area (Å²) in [5.74, 6) is 0.954. The Morgan fingerprint density at radius 1 is 1.45 bits per heavy atom. The molecular weight excluding hydrogens is 276 g/mol. The molecule has 0 amide bonds. The van der Waals surface area contributed by atoms with Crippen molar-refractivity contribution in [1.82, 2.24) is 14.8 Å². The minimum Gasteiger partial charge on any atom is -0.321 e. The highest BCUT2D eigenvalue weighted by atomic mass is 35.5. The van der Waals surface area contributed by atoms with Gasteiger partial charge in [0.2, 0.25) is 0 Å². The Morgan fingerprint density at radius 3 is 2.75 bits per heavy atom. The van der Waals surface area contributed by atoms with E-state index in [0.717, 1.165) is 12.0 Å². The normalized spacial score (nSPS) is 12.9. The summed E-state index contributed by atoms with van der Waals surface area (Å²) in [5, 5.41) is 7.12. The van der Waals surface area contributed by atoms with Gasteiger partial charge in [0.25, 0.3) is 0 Å². The van der Waals surface area contributed by atoms with Crippen molar-refractivity contribution in [1.29, 1.82) is 0 Å². The lowest BCUT2D eigenvalue weighted by molar-refractivity contribution is 0.487. The molecule has 2 rings (SSSR count). The van der Waals surface area contributed by atoms with E-state index in [4.69, 9.17) is 17.3 Å². The van der Waals surface area contributed by atoms with E-state index in [9.17, 15) is 4.79 Å². The molecule has 108 valence electrons. The van der Waals surface area contributed by atoms with Crippen LogP contribution in [0.1, 0.15) is 37.7 Å². The van der Waals surface area contributed by atoms with Crippen molar-refractivity contribution in [3.8, 4) is 5.69 Å². The lowest BCUT2D eigenvalue weighted by Crippen LogP contribution is -2.23. The van der Waals surface area contributed by atoms with Crippen molar-refractivity contribution in [2.75, 3.05) is 0 Å². The number of rotatable bonds is 4. The maximum atomic E-state index is 12.0. The van der Waals surface area contributed by atoms with Gasteiger partial charge in [0.15, 0.2) is 5.82 Å². The van der Waals surface area contributed by atoms with Crippen molar-refractivity contribution in [2.24, 2.45) is 11.7 Å². The fraction of sp³-hybridized carbons (Fsp3) is 0.429. The first-order valence-electron chi connectivity index (χ1n) is 6.59. The van der Waals surface area contributed by atoms with E-state index in [1.807, 2.05) is 19.1 Å². The molecule has 0 saturated heterocycles. The number of halogens is 1. The van der Waals surface area contributed by atoms with Gasteiger partial charge >= 0.3 is 5.69 Å². The Balaban J connectivity index is 2.48. The van der Waals surface area contributed by atoms with Crippen LogP contribution in [0.25, 0.3) is 5.69 Å². The summed E-state index contributed by atoms with van der Waals surface area (Å²) in [6, 6.07) is 5.16. The predicted molar refractivity (Wildman–Crippen MR) is 80.3 cm³/mol. The van der Waals surface area contributed by atoms with Gasteiger partial charge in [-0.3, -0.25) is 0 Å². The van der Waals surface area contributed by atoms with E-state index >= 15 is 0 Å². The summed E-state index contributed by atoms with van der Waals surface area (Å²) in [6.45, 7) is 6.07. The second-order valence-corrected chi connectivity index (χ2v) is 5.80. The zero-order chi connectivity index (χ0) is 14.9. The number of hydrogen-bond acceptors (Lipinski definition) is 3. The van der Waals surface area contributed by atoms with Crippen LogP contribution < -0.4 is 11.4 Å². The van der Waals surface area contributed by atoms with Crippen molar-refractivity contribution in [2.45, 2.75) is 33.2 Å². The van der Waals surface area contributed by atoms with Crippen LogP contribution in [0.15, 0.2) is 23.0 Å². The maximum absolute atomic E-state index is 12.0. The van der Waals surface area contributed by atoms with E-state index in [2.05, 4.69) is 24.0 Å². The minimum atomic E-state index is -0.306. The van der Waals surface area contributed by atoms with Crippen molar-refractivity contribution >= 4 is 11.6 Å². The molecule has 5 nitrogen and oxygen atoms in total. The van der Waals surface area contributed by atoms with E-state index < -0.39 is 0 Å². The highest BCUT2D eigenvalue weighted by Crippen LogP contribution is 2.22. The monoisotopic (exact) mass is 294 g/mol. The Morgan fingerprint density at radius 2 is 2.15 bits per heavy atom. The van der Waals surface area contributed by atoms with Gasteiger partial charge < -0.3 is 5.73 Å². The second-order valence-electron chi connectivity index (χ2n) is 5.39. The average Bonchev–Trinajstić information content (AvgIpc) is 2.74. The van der Waals surface area contributed by atoms with Gasteiger partial charge in [-0.1, -0.05) is 31.5 Å². The molecule has 3 N–H and O–H groups in total. The first kappa shape index (κ1) is 14.8. The summed E-state index contributed by atoms with van der Waals surface area (Å²) >= 11 is 6.12. The largest absolute Gasteiger partial charge is 0.347 e. The molecule has 0 aliphatic heterocycles. The van der Waals surface area contributed by atoms with Gasteiger partial charge in [-0.15, -0.1) is 0 Å². The number of aromatic amines is 1. The standard InChI is InChI=1S/C14H19ClN4O/c1-8(2)6-12(16)13-17-18-14(20)19(13)10-5-4-9(3)11(15)7-10/h4-5,7-8,12H,6,16H2,1-3H3,(H,18,20)/t12-/m0/s1. The Kier molecular flexibility index (Phi) is 4.30. The number of nitrogens with zero attached hydrogens (tertiary/aromatic N) is 2. The second kappa shape index (κ2) is 5.81. The molecule has 20 heavy (non-hydrogen) atoms. The van der Waals surface area contributed by atoms with Gasteiger partial charge in [0.05, 0.1) is 11.7 Å². The smallest absolute Gasteiger partial charge is 0.321 e. The molecule has 0 saturated carbocycles. The first-order chi connectivity index (χ1) is 9.40. The molecule has 0 spiro atoms. The van der Waals surface area contributed by atoms with E-state index in [-0.39, 0.29) is 11.7 Å². The van der Waals surface area contributed by atoms with Gasteiger partial charge in [-0.2, -0.15) is 5.10 Å². The van der Waals surface area contributed by atoms with Crippen molar-refractivity contribution in [3.05, 3.63) is 45.1 Å². The zero-order valence-electron chi connectivity index (χ0n) is 11.9. The summed E-state index contributed by atoms with van der Waals surface area (Å²) < 4.78 is 1.48. The average molecular weight is 295 g/mol. The third-order valence-corrected chi connectivity index (χ3v) is 3.58. The van der Waals surface area contributed by atoms with Gasteiger partial charge in [-0.25, -0.2) is 14.5 Å². The van der Waals surface area contributed by atoms with Crippen LogP contribution in [0.3, 0.4) is 0 Å². The fourth-order valence-electron chi connectivity index (χ4n) is 2.14. The number of nitrogens with one attached hydrogen (secondary N) is 1. The fourth-order valence-corrected chi connectivity index (χ4v) is 2.32. The van der Waals surface area contributed by atoms with Crippen LogP contribution in [-0.4, -0.2) is 14.8 Å². The van der Waals surface area contributed by atoms with Crippen LogP contribution in [-0.2, 0) is 0 Å². The summed E-state index contributed by atoms with van der Waals surface area (Å²) in [7, 11) is 0. The van der Waals surface area contributed by atoms with Crippen LogP contribution in [0.2, 0.25) is 5.02 Å². The number of benzene rings is 1. The molecule has 1 atom stereocenters. The molecule has 2 aromatic rings. The molecule has 0 fully saturated rings. The van der Waals surface area contributed by atoms with E-state index in [1.165, 1.54) is 4.57 Å². The predicted octanol–water partition coefficient (Wildman–Crippen LogP) is 2.57. The quantitative estimate of drug-likeness (QED) is 0.910. The minimum absolute atomic E-state index is 0.297. The van der Waals surface area contributed by atoms with Crippen LogP contribution in [0.5, 0.6) is 0 Å². The summed E-state index contributed by atoms with van der Waals surface area (Å²) in [6.07, 6.45) is 0.754. The molecular formula is C14H19ClN4O. The Labute approximate surface area is 122 Å². The first-order valence-corrected chi connectivity index (χ1v) is 6.97. The van der Waals surface area contributed by atoms with Crippen molar-refractivity contribution < 1.29 is 0 Å². The van der Waals surface area contributed by atoms with Crippen LogP contribution in [0.4, 0.5) is 0 Å². The van der Waals surface area contributed by atoms with Gasteiger partial charge in [-0.05, 0) is 37.0 Å². The maximum Gasteiger partial charge on any atom is 0.347 e. The molecule has 1 aromatic carbocycles. The van der Waals surface area contributed by atoms with Gasteiger partial charge in [0, 0.05) is 5.02 Å². The number of H-pyrrole nitrogens is 1. The highest BCUT2D eigenvalue weighted by Gasteiger charge is 2.18. The van der Waals surface area contributed by atoms with E-state index in [1.54, 1.807) is 6.07 Å². The molecule has 0 radical (unpaired) electrons. The number of aryl methyl sites for hydroxylation is 1. The lowest BCUT2D eigenvalue weighted by Gasteiger charge is -2.14. The van der Waals surface area contributed by atoms with Crippen molar-refractivity contribution in [3.63, 3.8) is 0 Å². The molecule has 1 aromatic heterocycles. The third kappa shape index (κ3) is 2.94. The van der Waals surface area contributed by atoms with Gasteiger partial charge in [0.1, 0.15) is 0 Å². The molecule has 0 bridgehead atoms. The number of aromatic nitrogens is 3. The third-order valence-electron chi connectivity index (χ3n) is 3.17. The Bertz CT molecular complexity index is 659. The molecule has 0 aliphatic carbocycles. The molecule has 6 heteroatoms. The molecule has 0 unspecified atom stereocenters. The molecule has 0 aliphatic rings. The zero-order valence-corrected chi connectivity index (χ0v) is 12.6. The number of nitrogens with two attached hydrogens (primary N) is 1. The summed E-state index contributed by atoms with van der Waals surface area (Å²) in [5.41, 5.74) is 7.47.